The molecule has 1 rings (SSSR count). The highest BCUT2D eigenvalue weighted by Gasteiger charge is 2.28. The van der Waals surface area contributed by atoms with Crippen LogP contribution < -0.4 is 10.1 Å². The first-order valence-electron chi connectivity index (χ1n) is 4.55. The molecule has 1 N–H and O–H groups in total. The van der Waals surface area contributed by atoms with E-state index in [1.54, 1.807) is 19.2 Å². The zero-order valence-electron chi connectivity index (χ0n) is 8.57. The van der Waals surface area contributed by atoms with Gasteiger partial charge in [0, 0.05) is 11.0 Å². The van der Waals surface area contributed by atoms with Gasteiger partial charge in [0.25, 0.3) is 0 Å². The molecule has 0 amide bonds. The zero-order chi connectivity index (χ0) is 12.2. The Labute approximate surface area is 99.9 Å². The molecule has 0 unspecified atom stereocenters. The number of hydrogen-bond donors (Lipinski definition) is 1. The summed E-state index contributed by atoms with van der Waals surface area (Å²) < 4.78 is 41.2. The van der Waals surface area contributed by atoms with Gasteiger partial charge in [0.15, 0.2) is 6.61 Å². The Morgan fingerprint density at radius 2 is 2.06 bits per heavy atom. The molecular weight excluding hydrogens is 287 g/mol. The molecule has 0 bridgehead atoms. The lowest BCUT2D eigenvalue weighted by Gasteiger charge is -2.11. The Hall–Kier alpha value is -0.750. The smallest absolute Gasteiger partial charge is 0.422 e. The van der Waals surface area contributed by atoms with E-state index in [1.807, 2.05) is 0 Å². The monoisotopic (exact) mass is 297 g/mol. The Balaban J connectivity index is 2.71. The summed E-state index contributed by atoms with van der Waals surface area (Å²) in [4.78, 5) is 0. The molecule has 0 saturated carbocycles. The summed E-state index contributed by atoms with van der Waals surface area (Å²) in [7, 11) is 1.76. The van der Waals surface area contributed by atoms with Gasteiger partial charge in [0.05, 0.1) is 0 Å². The fourth-order valence-corrected chi connectivity index (χ4v) is 1.52. The highest BCUT2D eigenvalue weighted by Crippen LogP contribution is 2.24. The molecule has 0 aromatic heterocycles. The van der Waals surface area contributed by atoms with E-state index in [0.717, 1.165) is 10.0 Å². The number of rotatable bonds is 4. The lowest BCUT2D eigenvalue weighted by atomic mass is 10.2. The SMILES string of the molecule is CNCc1cc(OCC(F)(F)F)ccc1Br. The van der Waals surface area contributed by atoms with E-state index in [-0.39, 0.29) is 5.75 Å². The van der Waals surface area contributed by atoms with Crippen molar-refractivity contribution >= 4 is 15.9 Å². The van der Waals surface area contributed by atoms with Crippen molar-refractivity contribution in [3.63, 3.8) is 0 Å². The van der Waals surface area contributed by atoms with Gasteiger partial charge in [0.2, 0.25) is 0 Å². The second-order valence-electron chi connectivity index (χ2n) is 3.19. The van der Waals surface area contributed by atoms with Gasteiger partial charge in [0.1, 0.15) is 5.75 Å². The minimum absolute atomic E-state index is 0.214. The Morgan fingerprint density at radius 3 is 2.62 bits per heavy atom. The average Bonchev–Trinajstić information content (AvgIpc) is 2.18. The normalized spacial score (nSPS) is 11.6. The maximum atomic E-state index is 11.9. The molecule has 2 nitrogen and oxygen atoms in total. The van der Waals surface area contributed by atoms with E-state index in [1.165, 1.54) is 6.07 Å². The van der Waals surface area contributed by atoms with Crippen LogP contribution in [0.3, 0.4) is 0 Å². The Bertz CT molecular complexity index is 354. The third-order valence-electron chi connectivity index (χ3n) is 1.79. The molecule has 0 aliphatic rings. The molecule has 0 fully saturated rings. The predicted molar refractivity (Wildman–Crippen MR) is 58.5 cm³/mol. The van der Waals surface area contributed by atoms with Gasteiger partial charge in [-0.05, 0) is 30.8 Å². The molecule has 6 heteroatoms. The van der Waals surface area contributed by atoms with Gasteiger partial charge < -0.3 is 10.1 Å². The van der Waals surface area contributed by atoms with Crippen LogP contribution in [0.15, 0.2) is 22.7 Å². The van der Waals surface area contributed by atoms with Crippen molar-refractivity contribution in [2.24, 2.45) is 0 Å². The Kier molecular flexibility index (Phi) is 4.61. The molecule has 0 aliphatic carbocycles. The molecule has 16 heavy (non-hydrogen) atoms. The lowest BCUT2D eigenvalue weighted by molar-refractivity contribution is -0.153. The van der Waals surface area contributed by atoms with Crippen LogP contribution >= 0.6 is 15.9 Å². The second kappa shape index (κ2) is 5.54. The number of hydrogen-bond acceptors (Lipinski definition) is 2. The van der Waals surface area contributed by atoms with Crippen LogP contribution in [0.5, 0.6) is 5.75 Å². The summed E-state index contributed by atoms with van der Waals surface area (Å²) in [6, 6.07) is 4.74. The van der Waals surface area contributed by atoms with Crippen LogP contribution in [0.4, 0.5) is 13.2 Å². The molecule has 1 aromatic rings. The summed E-state index contributed by atoms with van der Waals surface area (Å²) in [6.45, 7) is -0.711. The van der Waals surface area contributed by atoms with Crippen molar-refractivity contribution in [1.82, 2.24) is 5.32 Å². The molecule has 0 saturated heterocycles. The van der Waals surface area contributed by atoms with E-state index < -0.39 is 12.8 Å². The molecule has 0 heterocycles. The lowest BCUT2D eigenvalue weighted by Crippen LogP contribution is -2.19. The number of halogens is 4. The third-order valence-corrected chi connectivity index (χ3v) is 2.56. The van der Waals surface area contributed by atoms with E-state index in [4.69, 9.17) is 0 Å². The first-order chi connectivity index (χ1) is 7.42. The predicted octanol–water partition coefficient (Wildman–Crippen LogP) is 3.11. The molecule has 0 radical (unpaired) electrons. The van der Waals surface area contributed by atoms with Gasteiger partial charge in [-0.1, -0.05) is 15.9 Å². The summed E-state index contributed by atoms with van der Waals surface area (Å²) in [6.07, 6.45) is -4.31. The van der Waals surface area contributed by atoms with Crippen LogP contribution in [0.2, 0.25) is 0 Å². The fraction of sp³-hybridized carbons (Fsp3) is 0.400. The van der Waals surface area contributed by atoms with Crippen molar-refractivity contribution in [2.45, 2.75) is 12.7 Å². The van der Waals surface area contributed by atoms with Gasteiger partial charge >= 0.3 is 6.18 Å². The highest BCUT2D eigenvalue weighted by molar-refractivity contribution is 9.10. The number of ether oxygens (including phenoxy) is 1. The first-order valence-corrected chi connectivity index (χ1v) is 5.34. The molecule has 1 aromatic carbocycles. The van der Waals surface area contributed by atoms with E-state index in [9.17, 15) is 13.2 Å². The molecule has 90 valence electrons. The number of alkyl halides is 3. The van der Waals surface area contributed by atoms with E-state index in [0.29, 0.717) is 6.54 Å². The second-order valence-corrected chi connectivity index (χ2v) is 4.04. The minimum Gasteiger partial charge on any atom is -0.484 e. The van der Waals surface area contributed by atoms with E-state index >= 15 is 0 Å². The van der Waals surface area contributed by atoms with Gasteiger partial charge in [-0.15, -0.1) is 0 Å². The summed E-state index contributed by atoms with van der Waals surface area (Å²) >= 11 is 3.30. The van der Waals surface area contributed by atoms with Gasteiger partial charge in [-0.3, -0.25) is 0 Å². The van der Waals surface area contributed by atoms with E-state index in [2.05, 4.69) is 26.0 Å². The van der Waals surface area contributed by atoms with Crippen molar-refractivity contribution in [3.8, 4) is 5.75 Å². The highest BCUT2D eigenvalue weighted by atomic mass is 79.9. The van der Waals surface area contributed by atoms with Crippen LogP contribution in [0, 0.1) is 0 Å². The van der Waals surface area contributed by atoms with Crippen LogP contribution in [0.1, 0.15) is 5.56 Å². The summed E-state index contributed by atoms with van der Waals surface area (Å²) in [5.74, 6) is 0.214. The van der Waals surface area contributed by atoms with Crippen molar-refractivity contribution < 1.29 is 17.9 Å². The summed E-state index contributed by atoms with van der Waals surface area (Å²) in [5.41, 5.74) is 0.849. The minimum atomic E-state index is -4.31. The summed E-state index contributed by atoms with van der Waals surface area (Å²) in [5, 5.41) is 2.92. The van der Waals surface area contributed by atoms with Crippen molar-refractivity contribution in [2.75, 3.05) is 13.7 Å². The third kappa shape index (κ3) is 4.40. The maximum absolute atomic E-state index is 11.9. The van der Waals surface area contributed by atoms with Crippen molar-refractivity contribution in [3.05, 3.63) is 28.2 Å². The average molecular weight is 298 g/mol. The van der Waals surface area contributed by atoms with Crippen molar-refractivity contribution in [1.29, 1.82) is 0 Å². The Morgan fingerprint density at radius 1 is 1.38 bits per heavy atom. The molecule has 0 aliphatic heterocycles. The number of nitrogens with one attached hydrogen (secondary N) is 1. The van der Waals surface area contributed by atoms with Gasteiger partial charge in [-0.25, -0.2) is 0 Å². The topological polar surface area (TPSA) is 21.3 Å². The van der Waals surface area contributed by atoms with Crippen LogP contribution in [-0.2, 0) is 6.54 Å². The fourth-order valence-electron chi connectivity index (χ4n) is 1.13. The van der Waals surface area contributed by atoms with Crippen LogP contribution in [-0.4, -0.2) is 19.8 Å². The maximum Gasteiger partial charge on any atom is 0.422 e. The number of benzene rings is 1. The van der Waals surface area contributed by atoms with Crippen LogP contribution in [0.25, 0.3) is 0 Å². The molecular formula is C10H11BrF3NO. The quantitative estimate of drug-likeness (QED) is 0.922. The van der Waals surface area contributed by atoms with Gasteiger partial charge in [-0.2, -0.15) is 13.2 Å². The standard InChI is InChI=1S/C10H11BrF3NO/c1-15-5-7-4-8(2-3-9(7)11)16-6-10(12,13)14/h2-4,15H,5-6H2,1H3. The first kappa shape index (κ1) is 13.3. The largest absolute Gasteiger partial charge is 0.484 e. The molecule has 0 spiro atoms. The molecule has 0 atom stereocenters. The zero-order valence-corrected chi connectivity index (χ0v) is 10.2.